The van der Waals surface area contributed by atoms with Crippen molar-refractivity contribution in [2.45, 2.75) is 72.0 Å². The maximum atomic E-state index is 14.0. The standard InChI is InChI=1S/C34H45N3O5S/c1-7-27(4)35-34(39)32(23-28-13-9-8-10-14-28)36(24-29-15-11-16-30(22-29)42-5)33(38)17-12-20-37(43(6,40)41)31-21-25(2)18-19-26(31)3/h8-11,13-16,18-19,21-22,27,32H,7,12,17,20,23-24H2,1-6H3,(H,35,39). The van der Waals surface area contributed by atoms with Crippen LogP contribution in [0, 0.1) is 13.8 Å². The van der Waals surface area contributed by atoms with Gasteiger partial charge in [0.15, 0.2) is 0 Å². The number of nitrogens with one attached hydrogen (secondary N) is 1. The van der Waals surface area contributed by atoms with Gasteiger partial charge in [-0.05, 0) is 74.1 Å². The number of nitrogens with zero attached hydrogens (tertiary/aromatic N) is 2. The van der Waals surface area contributed by atoms with Crippen molar-refractivity contribution in [3.8, 4) is 5.75 Å². The van der Waals surface area contributed by atoms with E-state index in [-0.39, 0.29) is 37.4 Å². The van der Waals surface area contributed by atoms with E-state index >= 15 is 0 Å². The van der Waals surface area contributed by atoms with Crippen LogP contribution in [-0.4, -0.2) is 57.1 Å². The molecule has 0 heterocycles. The Morgan fingerprint density at radius 1 is 0.953 bits per heavy atom. The molecule has 0 saturated carbocycles. The van der Waals surface area contributed by atoms with Gasteiger partial charge in [-0.25, -0.2) is 8.42 Å². The van der Waals surface area contributed by atoms with Gasteiger partial charge in [0.05, 0.1) is 19.1 Å². The maximum absolute atomic E-state index is 14.0. The van der Waals surface area contributed by atoms with Crippen LogP contribution in [0.5, 0.6) is 5.75 Å². The monoisotopic (exact) mass is 607 g/mol. The van der Waals surface area contributed by atoms with Crippen LogP contribution in [-0.2, 0) is 32.6 Å². The summed E-state index contributed by atoms with van der Waals surface area (Å²) in [6.45, 7) is 8.08. The molecule has 43 heavy (non-hydrogen) atoms. The summed E-state index contributed by atoms with van der Waals surface area (Å²) < 4.78 is 32.4. The topological polar surface area (TPSA) is 96.0 Å². The van der Waals surface area contributed by atoms with Crippen LogP contribution in [0.15, 0.2) is 72.8 Å². The smallest absolute Gasteiger partial charge is 0.243 e. The third-order valence-electron chi connectivity index (χ3n) is 7.54. The molecule has 8 nitrogen and oxygen atoms in total. The Kier molecular flexibility index (Phi) is 12.2. The number of ether oxygens (including phenoxy) is 1. The predicted octanol–water partition coefficient (Wildman–Crippen LogP) is 5.41. The van der Waals surface area contributed by atoms with Crippen molar-refractivity contribution >= 4 is 27.5 Å². The van der Waals surface area contributed by atoms with Gasteiger partial charge in [0.2, 0.25) is 21.8 Å². The van der Waals surface area contributed by atoms with Gasteiger partial charge in [-0.2, -0.15) is 0 Å². The molecular weight excluding hydrogens is 562 g/mol. The molecular formula is C34H45N3O5S. The minimum absolute atomic E-state index is 0.0552. The summed E-state index contributed by atoms with van der Waals surface area (Å²) in [7, 11) is -2.00. The van der Waals surface area contributed by atoms with Gasteiger partial charge >= 0.3 is 0 Å². The fraction of sp³-hybridized carbons (Fsp3) is 0.412. The summed E-state index contributed by atoms with van der Waals surface area (Å²) in [5, 5.41) is 3.08. The fourth-order valence-electron chi connectivity index (χ4n) is 4.93. The minimum atomic E-state index is -3.59. The van der Waals surface area contributed by atoms with Gasteiger partial charge in [-0.15, -0.1) is 0 Å². The Balaban J connectivity index is 1.93. The molecule has 232 valence electrons. The highest BCUT2D eigenvalue weighted by Gasteiger charge is 2.31. The van der Waals surface area contributed by atoms with Crippen molar-refractivity contribution in [1.82, 2.24) is 10.2 Å². The number of hydrogen-bond acceptors (Lipinski definition) is 5. The summed E-state index contributed by atoms with van der Waals surface area (Å²) in [5.74, 6) is 0.214. The number of amides is 2. The zero-order chi connectivity index (χ0) is 31.6. The zero-order valence-electron chi connectivity index (χ0n) is 26.2. The molecule has 0 radical (unpaired) electrons. The quantitative estimate of drug-likeness (QED) is 0.249. The van der Waals surface area contributed by atoms with E-state index in [0.717, 1.165) is 28.7 Å². The van der Waals surface area contributed by atoms with Gasteiger partial charge in [-0.3, -0.25) is 13.9 Å². The first kappa shape index (κ1) is 33.6. The molecule has 3 aromatic carbocycles. The van der Waals surface area contributed by atoms with Gasteiger partial charge in [0.1, 0.15) is 11.8 Å². The van der Waals surface area contributed by atoms with E-state index in [9.17, 15) is 18.0 Å². The molecule has 0 aliphatic carbocycles. The normalized spacial score (nSPS) is 12.7. The third-order valence-corrected chi connectivity index (χ3v) is 8.72. The first-order chi connectivity index (χ1) is 20.4. The fourth-order valence-corrected chi connectivity index (χ4v) is 5.95. The molecule has 0 saturated heterocycles. The van der Waals surface area contributed by atoms with Crippen molar-refractivity contribution in [2.24, 2.45) is 0 Å². The Bertz CT molecular complexity index is 1480. The second-order valence-corrected chi connectivity index (χ2v) is 13.0. The molecule has 0 spiro atoms. The lowest BCUT2D eigenvalue weighted by atomic mass is 10.0. The Labute approximate surface area is 257 Å². The number of anilines is 1. The second kappa shape index (κ2) is 15.6. The van der Waals surface area contributed by atoms with E-state index in [1.807, 2.05) is 100 Å². The highest BCUT2D eigenvalue weighted by molar-refractivity contribution is 7.92. The average molecular weight is 608 g/mol. The van der Waals surface area contributed by atoms with Crippen molar-refractivity contribution in [3.63, 3.8) is 0 Å². The van der Waals surface area contributed by atoms with E-state index < -0.39 is 16.1 Å². The molecule has 0 aliphatic rings. The Morgan fingerprint density at radius 2 is 1.65 bits per heavy atom. The van der Waals surface area contributed by atoms with Crippen LogP contribution in [0.4, 0.5) is 5.69 Å². The molecule has 3 aromatic rings. The molecule has 0 aliphatic heterocycles. The number of methoxy groups -OCH3 is 1. The third kappa shape index (κ3) is 9.85. The average Bonchev–Trinajstić information content (AvgIpc) is 2.98. The first-order valence-corrected chi connectivity index (χ1v) is 16.6. The molecule has 2 amide bonds. The van der Waals surface area contributed by atoms with Crippen molar-refractivity contribution < 1.29 is 22.7 Å². The van der Waals surface area contributed by atoms with Crippen LogP contribution >= 0.6 is 0 Å². The molecule has 0 fully saturated rings. The lowest BCUT2D eigenvalue weighted by Gasteiger charge is -2.33. The zero-order valence-corrected chi connectivity index (χ0v) is 27.0. The van der Waals surface area contributed by atoms with Crippen LogP contribution in [0.1, 0.15) is 55.4 Å². The van der Waals surface area contributed by atoms with Crippen molar-refractivity contribution in [3.05, 3.63) is 95.1 Å². The summed E-state index contributed by atoms with van der Waals surface area (Å²) in [5.41, 5.74) is 4.17. The number of aryl methyl sites for hydroxylation is 2. The lowest BCUT2D eigenvalue weighted by molar-refractivity contribution is -0.141. The second-order valence-electron chi connectivity index (χ2n) is 11.1. The number of carbonyl (C=O) groups is 2. The van der Waals surface area contributed by atoms with Crippen molar-refractivity contribution in [1.29, 1.82) is 0 Å². The number of sulfonamides is 1. The van der Waals surface area contributed by atoms with Crippen molar-refractivity contribution in [2.75, 3.05) is 24.2 Å². The maximum Gasteiger partial charge on any atom is 0.243 e. The van der Waals surface area contributed by atoms with E-state index in [2.05, 4.69) is 5.32 Å². The summed E-state index contributed by atoms with van der Waals surface area (Å²) in [6, 6.07) is 22.0. The summed E-state index contributed by atoms with van der Waals surface area (Å²) >= 11 is 0. The van der Waals surface area contributed by atoms with Crippen LogP contribution in [0.25, 0.3) is 0 Å². The number of benzene rings is 3. The van der Waals surface area contributed by atoms with E-state index in [1.165, 1.54) is 10.6 Å². The van der Waals surface area contributed by atoms with Gasteiger partial charge in [-0.1, -0.05) is 61.5 Å². The molecule has 1 N–H and O–H groups in total. The number of hydrogen-bond donors (Lipinski definition) is 1. The van der Waals surface area contributed by atoms with Gasteiger partial charge < -0.3 is 15.0 Å². The van der Waals surface area contributed by atoms with Crippen LogP contribution in [0.2, 0.25) is 0 Å². The first-order valence-electron chi connectivity index (χ1n) is 14.7. The lowest BCUT2D eigenvalue weighted by Crippen LogP contribution is -2.52. The van der Waals surface area contributed by atoms with E-state index in [4.69, 9.17) is 4.74 Å². The highest BCUT2D eigenvalue weighted by Crippen LogP contribution is 2.25. The predicted molar refractivity (Wildman–Crippen MR) is 173 cm³/mol. The summed E-state index contributed by atoms with van der Waals surface area (Å²) in [4.78, 5) is 29.4. The molecule has 2 atom stereocenters. The largest absolute Gasteiger partial charge is 0.497 e. The number of carbonyl (C=O) groups excluding carboxylic acids is 2. The minimum Gasteiger partial charge on any atom is -0.497 e. The number of rotatable bonds is 15. The molecule has 3 rings (SSSR count). The molecule has 0 aromatic heterocycles. The molecule has 0 bridgehead atoms. The SMILES string of the molecule is CCC(C)NC(=O)C(Cc1ccccc1)N(Cc1cccc(OC)c1)C(=O)CCCN(c1cc(C)ccc1C)S(C)(=O)=O. The van der Waals surface area contributed by atoms with Crippen LogP contribution in [0.3, 0.4) is 0 Å². The van der Waals surface area contributed by atoms with E-state index in [1.54, 1.807) is 12.0 Å². The Hall–Kier alpha value is -3.85. The molecule has 9 heteroatoms. The summed E-state index contributed by atoms with van der Waals surface area (Å²) in [6.07, 6.45) is 2.65. The van der Waals surface area contributed by atoms with Crippen LogP contribution < -0.4 is 14.4 Å². The molecule has 2 unspecified atom stereocenters. The van der Waals surface area contributed by atoms with Gasteiger partial charge in [0, 0.05) is 32.0 Å². The van der Waals surface area contributed by atoms with Gasteiger partial charge in [0.25, 0.3) is 0 Å². The van der Waals surface area contributed by atoms with E-state index in [0.29, 0.717) is 24.3 Å². The Morgan fingerprint density at radius 3 is 2.30 bits per heavy atom. The highest BCUT2D eigenvalue weighted by atomic mass is 32.2.